The van der Waals surface area contributed by atoms with Gasteiger partial charge < -0.3 is 5.32 Å². The maximum absolute atomic E-state index is 12.3. The monoisotopic (exact) mass is 406 g/mol. The highest BCUT2D eigenvalue weighted by molar-refractivity contribution is 7.18. The average molecular weight is 407 g/mol. The molecule has 0 saturated carbocycles. The summed E-state index contributed by atoms with van der Waals surface area (Å²) in [7, 11) is 2.88. The average Bonchev–Trinajstić information content (AvgIpc) is 3.09. The number of halogens is 1. The second-order valence-electron chi connectivity index (χ2n) is 5.88. The minimum Gasteiger partial charge on any atom is -0.325 e. The minimum atomic E-state index is -0.499. The molecule has 0 atom stereocenters. The molecule has 140 valence electrons. The highest BCUT2D eigenvalue weighted by atomic mass is 35.5. The summed E-state index contributed by atoms with van der Waals surface area (Å²) in [6.07, 6.45) is 1.39. The fourth-order valence-corrected chi connectivity index (χ4v) is 3.58. The Hall–Kier alpha value is -2.78. The van der Waals surface area contributed by atoms with E-state index in [9.17, 15) is 19.2 Å². The number of rotatable bonds is 5. The van der Waals surface area contributed by atoms with Crippen LogP contribution in [0.1, 0.15) is 22.5 Å². The molecule has 0 aromatic carbocycles. The van der Waals surface area contributed by atoms with Crippen LogP contribution in [-0.2, 0) is 18.9 Å². The number of amides is 1. The Morgan fingerprint density at radius 2 is 1.93 bits per heavy atom. The molecule has 0 saturated heterocycles. The molecule has 0 fully saturated rings. The molecule has 10 heteroatoms. The number of hydrogen-bond donors (Lipinski definition) is 1. The number of ketones is 1. The SMILES string of the molecule is Cn1c(=O)c2cc(NC(=O)CCC(=O)c3ccc(Cl)s3)cnc2n(C)c1=O. The van der Waals surface area contributed by atoms with Crippen molar-refractivity contribution in [1.82, 2.24) is 14.1 Å². The summed E-state index contributed by atoms with van der Waals surface area (Å²) in [5, 5.41) is 2.82. The fourth-order valence-electron chi connectivity index (χ4n) is 2.57. The molecule has 1 N–H and O–H groups in total. The fraction of sp³-hybridized carbons (Fsp3) is 0.235. The van der Waals surface area contributed by atoms with Gasteiger partial charge in [-0.2, -0.15) is 0 Å². The number of aromatic nitrogens is 3. The van der Waals surface area contributed by atoms with Gasteiger partial charge in [-0.15, -0.1) is 11.3 Å². The van der Waals surface area contributed by atoms with E-state index in [0.29, 0.717) is 14.9 Å². The molecule has 0 aliphatic rings. The number of nitrogens with zero attached hydrogens (tertiary/aromatic N) is 3. The van der Waals surface area contributed by atoms with E-state index in [1.54, 1.807) is 12.1 Å². The van der Waals surface area contributed by atoms with Crippen LogP contribution in [0.5, 0.6) is 0 Å². The molecular formula is C17H15ClN4O4S. The van der Waals surface area contributed by atoms with Crippen LogP contribution in [0.2, 0.25) is 4.34 Å². The van der Waals surface area contributed by atoms with E-state index >= 15 is 0 Å². The van der Waals surface area contributed by atoms with Crippen LogP contribution in [0, 0.1) is 0 Å². The van der Waals surface area contributed by atoms with Gasteiger partial charge in [-0.1, -0.05) is 11.6 Å². The minimum absolute atomic E-state index is 0.0162. The van der Waals surface area contributed by atoms with Crippen LogP contribution in [0.4, 0.5) is 5.69 Å². The Morgan fingerprint density at radius 1 is 1.19 bits per heavy atom. The molecule has 0 aliphatic heterocycles. The van der Waals surface area contributed by atoms with Crippen molar-refractivity contribution in [1.29, 1.82) is 0 Å². The number of fused-ring (bicyclic) bond motifs is 1. The number of carbonyl (C=O) groups is 2. The lowest BCUT2D eigenvalue weighted by Crippen LogP contribution is -2.37. The highest BCUT2D eigenvalue weighted by Crippen LogP contribution is 2.23. The van der Waals surface area contributed by atoms with Gasteiger partial charge in [-0.05, 0) is 18.2 Å². The van der Waals surface area contributed by atoms with Crippen LogP contribution in [0.3, 0.4) is 0 Å². The standard InChI is InChI=1S/C17H15ClN4O4S/c1-21-15-10(16(25)22(2)17(21)26)7-9(8-19-15)20-14(24)6-3-11(23)12-4-5-13(18)27-12/h4-5,7-8H,3,6H2,1-2H3,(H,20,24). The first-order valence-corrected chi connectivity index (χ1v) is 9.11. The summed E-state index contributed by atoms with van der Waals surface area (Å²) in [5.74, 6) is -0.545. The summed E-state index contributed by atoms with van der Waals surface area (Å²) >= 11 is 6.97. The normalized spacial score (nSPS) is 10.9. The molecule has 8 nitrogen and oxygen atoms in total. The van der Waals surface area contributed by atoms with Gasteiger partial charge in [0, 0.05) is 26.9 Å². The zero-order valence-corrected chi connectivity index (χ0v) is 16.1. The third-order valence-electron chi connectivity index (χ3n) is 4.00. The van der Waals surface area contributed by atoms with Crippen molar-refractivity contribution in [2.45, 2.75) is 12.8 Å². The van der Waals surface area contributed by atoms with E-state index in [-0.39, 0.29) is 35.6 Å². The lowest BCUT2D eigenvalue weighted by molar-refractivity contribution is -0.116. The Balaban J connectivity index is 1.74. The van der Waals surface area contributed by atoms with Gasteiger partial charge in [0.05, 0.1) is 26.5 Å². The zero-order valence-electron chi connectivity index (χ0n) is 14.5. The number of anilines is 1. The molecular weight excluding hydrogens is 392 g/mol. The Kier molecular flexibility index (Phi) is 5.24. The van der Waals surface area contributed by atoms with E-state index in [2.05, 4.69) is 10.3 Å². The van der Waals surface area contributed by atoms with Crippen LogP contribution in [-0.4, -0.2) is 25.8 Å². The maximum Gasteiger partial charge on any atom is 0.332 e. The quantitative estimate of drug-likeness (QED) is 0.652. The summed E-state index contributed by atoms with van der Waals surface area (Å²) < 4.78 is 2.74. The van der Waals surface area contributed by atoms with Gasteiger partial charge in [-0.3, -0.25) is 23.5 Å². The first-order chi connectivity index (χ1) is 12.8. The van der Waals surface area contributed by atoms with Crippen molar-refractivity contribution in [3.8, 4) is 0 Å². The Bertz CT molecular complexity index is 1180. The molecule has 3 rings (SSSR count). The Labute approximate surface area is 162 Å². The summed E-state index contributed by atoms with van der Waals surface area (Å²) in [6.45, 7) is 0. The molecule has 0 bridgehead atoms. The van der Waals surface area contributed by atoms with Crippen molar-refractivity contribution >= 4 is 51.3 Å². The summed E-state index contributed by atoms with van der Waals surface area (Å²) in [6, 6.07) is 4.72. The summed E-state index contributed by atoms with van der Waals surface area (Å²) in [4.78, 5) is 52.9. The Morgan fingerprint density at radius 3 is 2.59 bits per heavy atom. The molecule has 0 unspecified atom stereocenters. The highest BCUT2D eigenvalue weighted by Gasteiger charge is 2.14. The lowest BCUT2D eigenvalue weighted by atomic mass is 10.2. The predicted octanol–water partition coefficient (Wildman–Crippen LogP) is 1.95. The number of nitrogens with one attached hydrogen (secondary N) is 1. The number of Topliss-reactive ketones (excluding diaryl/α,β-unsaturated/α-hetero) is 1. The lowest BCUT2D eigenvalue weighted by Gasteiger charge is -2.09. The van der Waals surface area contributed by atoms with Crippen molar-refractivity contribution < 1.29 is 9.59 Å². The predicted molar refractivity (Wildman–Crippen MR) is 104 cm³/mol. The first kappa shape index (κ1) is 19.0. The largest absolute Gasteiger partial charge is 0.332 e. The molecule has 3 aromatic heterocycles. The van der Waals surface area contributed by atoms with Crippen LogP contribution < -0.4 is 16.6 Å². The number of pyridine rings is 1. The molecule has 0 spiro atoms. The molecule has 3 aromatic rings. The van der Waals surface area contributed by atoms with Gasteiger partial charge in [0.2, 0.25) is 5.91 Å². The number of aryl methyl sites for hydroxylation is 1. The molecule has 0 radical (unpaired) electrons. The molecule has 0 aliphatic carbocycles. The second kappa shape index (κ2) is 7.45. The van der Waals surface area contributed by atoms with Crippen LogP contribution in [0.15, 0.2) is 34.0 Å². The van der Waals surface area contributed by atoms with E-state index < -0.39 is 11.2 Å². The van der Waals surface area contributed by atoms with Gasteiger partial charge in [0.1, 0.15) is 5.65 Å². The maximum atomic E-state index is 12.3. The van der Waals surface area contributed by atoms with Gasteiger partial charge in [-0.25, -0.2) is 9.78 Å². The van der Waals surface area contributed by atoms with Crippen molar-refractivity contribution in [2.75, 3.05) is 5.32 Å². The third-order valence-corrected chi connectivity index (χ3v) is 5.28. The van der Waals surface area contributed by atoms with Crippen molar-refractivity contribution in [2.24, 2.45) is 14.1 Å². The topological polar surface area (TPSA) is 103 Å². The number of carbonyl (C=O) groups excluding carboxylic acids is 2. The second-order valence-corrected chi connectivity index (χ2v) is 7.59. The van der Waals surface area contributed by atoms with Crippen LogP contribution in [0.25, 0.3) is 11.0 Å². The van der Waals surface area contributed by atoms with Crippen molar-refractivity contribution in [3.63, 3.8) is 0 Å². The number of thiophene rings is 1. The first-order valence-electron chi connectivity index (χ1n) is 7.92. The molecule has 3 heterocycles. The van der Waals surface area contributed by atoms with Gasteiger partial charge >= 0.3 is 5.69 Å². The van der Waals surface area contributed by atoms with E-state index in [4.69, 9.17) is 11.6 Å². The van der Waals surface area contributed by atoms with Crippen molar-refractivity contribution in [3.05, 3.63) is 54.4 Å². The van der Waals surface area contributed by atoms with Crippen LogP contribution >= 0.6 is 22.9 Å². The summed E-state index contributed by atoms with van der Waals surface area (Å²) in [5.41, 5.74) is -0.439. The van der Waals surface area contributed by atoms with E-state index in [1.165, 1.54) is 42.3 Å². The third kappa shape index (κ3) is 3.83. The van der Waals surface area contributed by atoms with E-state index in [1.807, 2.05) is 0 Å². The van der Waals surface area contributed by atoms with Gasteiger partial charge in [0.15, 0.2) is 5.78 Å². The zero-order chi connectivity index (χ0) is 19.7. The smallest absolute Gasteiger partial charge is 0.325 e. The van der Waals surface area contributed by atoms with Gasteiger partial charge in [0.25, 0.3) is 5.56 Å². The van der Waals surface area contributed by atoms with E-state index in [0.717, 1.165) is 4.57 Å². The molecule has 1 amide bonds. The number of hydrogen-bond acceptors (Lipinski definition) is 6. The molecule has 27 heavy (non-hydrogen) atoms.